The number of alkyl halides is 6. The van der Waals surface area contributed by atoms with E-state index in [1.807, 2.05) is 32.0 Å². The molecule has 0 atom stereocenters. The SMILES string of the molecule is COc1ccc2c(c1)C(CC(=O)c1ccc(NC(=O)c3cc(C(F)(F)F)ccc3C(F)(F)F)cc1)=NC(C)(C)C2. The monoisotopic (exact) mass is 562 g/mol. The second-order valence-electron chi connectivity index (χ2n) is 9.96. The Kier molecular flexibility index (Phi) is 7.53. The molecule has 3 aromatic carbocycles. The van der Waals surface area contributed by atoms with Gasteiger partial charge in [-0.2, -0.15) is 26.3 Å². The van der Waals surface area contributed by atoms with Gasteiger partial charge in [0.1, 0.15) is 5.75 Å². The zero-order valence-electron chi connectivity index (χ0n) is 21.6. The number of ketones is 1. The van der Waals surface area contributed by atoms with Crippen LogP contribution in [0.4, 0.5) is 32.0 Å². The van der Waals surface area contributed by atoms with Crippen molar-refractivity contribution in [3.05, 3.63) is 94.0 Å². The number of hydrogen-bond acceptors (Lipinski definition) is 4. The highest BCUT2D eigenvalue weighted by molar-refractivity contribution is 6.17. The van der Waals surface area contributed by atoms with Gasteiger partial charge in [0, 0.05) is 16.8 Å². The number of methoxy groups -OCH3 is 1. The number of aliphatic imine (C=N–C) groups is 1. The summed E-state index contributed by atoms with van der Waals surface area (Å²) in [6.07, 6.45) is -9.34. The maximum atomic E-state index is 13.4. The number of anilines is 1. The number of halogens is 6. The Bertz CT molecular complexity index is 1490. The Labute approximate surface area is 225 Å². The molecule has 40 heavy (non-hydrogen) atoms. The molecule has 1 aliphatic rings. The summed E-state index contributed by atoms with van der Waals surface area (Å²) < 4.78 is 84.7. The number of fused-ring (bicyclic) bond motifs is 1. The van der Waals surface area contributed by atoms with Crippen LogP contribution in [0.2, 0.25) is 0 Å². The molecule has 3 aromatic rings. The van der Waals surface area contributed by atoms with E-state index >= 15 is 0 Å². The summed E-state index contributed by atoms with van der Waals surface area (Å²) in [6, 6.07) is 11.6. The van der Waals surface area contributed by atoms with E-state index in [0.717, 1.165) is 11.1 Å². The van der Waals surface area contributed by atoms with Crippen LogP contribution in [0.3, 0.4) is 0 Å². The number of hydrogen-bond donors (Lipinski definition) is 1. The first-order valence-electron chi connectivity index (χ1n) is 12.1. The van der Waals surface area contributed by atoms with E-state index < -0.39 is 40.5 Å². The van der Waals surface area contributed by atoms with E-state index in [2.05, 4.69) is 5.32 Å². The lowest BCUT2D eigenvalue weighted by molar-refractivity contribution is -0.141. The molecule has 1 amide bonds. The lowest BCUT2D eigenvalue weighted by Gasteiger charge is -2.29. The molecule has 0 aliphatic carbocycles. The van der Waals surface area contributed by atoms with Crippen LogP contribution in [0, 0.1) is 0 Å². The minimum Gasteiger partial charge on any atom is -0.497 e. The van der Waals surface area contributed by atoms with Crippen LogP contribution in [-0.2, 0) is 18.8 Å². The van der Waals surface area contributed by atoms with Crippen molar-refractivity contribution < 1.29 is 40.7 Å². The number of nitrogens with zero attached hydrogens (tertiary/aromatic N) is 1. The first-order chi connectivity index (χ1) is 18.6. The summed E-state index contributed by atoms with van der Waals surface area (Å²) in [5.41, 5.74) is -1.83. The Morgan fingerprint density at radius 2 is 1.60 bits per heavy atom. The first kappa shape index (κ1) is 28.8. The predicted molar refractivity (Wildman–Crippen MR) is 137 cm³/mol. The van der Waals surface area contributed by atoms with Crippen molar-refractivity contribution in [2.75, 3.05) is 12.4 Å². The minimum absolute atomic E-state index is 0.00157. The number of benzene rings is 3. The van der Waals surface area contributed by atoms with Crippen LogP contribution in [0.5, 0.6) is 5.75 Å². The molecular weight excluding hydrogens is 538 g/mol. The molecule has 0 saturated carbocycles. The van der Waals surface area contributed by atoms with E-state index in [0.29, 0.717) is 17.9 Å². The summed E-state index contributed by atoms with van der Waals surface area (Å²) in [7, 11) is 1.54. The maximum absolute atomic E-state index is 13.4. The van der Waals surface area contributed by atoms with Gasteiger partial charge < -0.3 is 10.1 Å². The Balaban J connectivity index is 1.54. The molecule has 1 N–H and O–H groups in total. The average Bonchev–Trinajstić information content (AvgIpc) is 2.87. The molecule has 0 radical (unpaired) electrons. The molecule has 0 spiro atoms. The zero-order valence-corrected chi connectivity index (χ0v) is 21.6. The van der Waals surface area contributed by atoms with Crippen molar-refractivity contribution in [3.8, 4) is 5.75 Å². The fourth-order valence-corrected chi connectivity index (χ4v) is 4.52. The van der Waals surface area contributed by atoms with Crippen molar-refractivity contribution in [2.45, 2.75) is 44.6 Å². The molecule has 0 aromatic heterocycles. The predicted octanol–water partition coefficient (Wildman–Crippen LogP) is 7.38. The summed E-state index contributed by atoms with van der Waals surface area (Å²) in [5.74, 6) is -1.05. The quantitative estimate of drug-likeness (QED) is 0.252. The standard InChI is InChI=1S/C29H24F6N2O3/c1-27(2)15-17-6-10-20(40-3)13-21(17)24(37-27)14-25(38)16-4-8-19(9-5-16)36-26(39)22-12-18(28(30,31)32)7-11-23(22)29(33,34)35/h4-13H,14-15H2,1-3H3,(H,36,39). The van der Waals surface area contributed by atoms with E-state index in [1.54, 1.807) is 0 Å². The normalized spacial score (nSPS) is 14.7. The van der Waals surface area contributed by atoms with Crippen molar-refractivity contribution in [1.29, 1.82) is 0 Å². The number of carbonyl (C=O) groups excluding carboxylic acids is 2. The van der Waals surface area contributed by atoms with E-state index in [1.165, 1.54) is 31.4 Å². The van der Waals surface area contributed by atoms with Gasteiger partial charge in [-0.05, 0) is 80.4 Å². The van der Waals surface area contributed by atoms with Gasteiger partial charge in [-0.3, -0.25) is 14.6 Å². The molecular formula is C29H24F6N2O3. The maximum Gasteiger partial charge on any atom is 0.417 e. The molecule has 5 nitrogen and oxygen atoms in total. The molecule has 11 heteroatoms. The number of Topliss-reactive ketones (excluding diaryl/α,β-unsaturated/α-hetero) is 1. The van der Waals surface area contributed by atoms with Crippen molar-refractivity contribution >= 4 is 23.1 Å². The molecule has 4 rings (SSSR count). The highest BCUT2D eigenvalue weighted by Gasteiger charge is 2.38. The molecule has 210 valence electrons. The van der Waals surface area contributed by atoms with Crippen LogP contribution in [0.25, 0.3) is 0 Å². The van der Waals surface area contributed by atoms with Gasteiger partial charge >= 0.3 is 12.4 Å². The largest absolute Gasteiger partial charge is 0.497 e. The third kappa shape index (κ3) is 6.35. The second kappa shape index (κ2) is 10.4. The van der Waals surface area contributed by atoms with Crippen LogP contribution >= 0.6 is 0 Å². The molecule has 1 aliphatic heterocycles. The summed E-state index contributed by atoms with van der Waals surface area (Å²) in [5, 5.41) is 2.18. The van der Waals surface area contributed by atoms with Gasteiger partial charge in [-0.1, -0.05) is 6.07 Å². The zero-order chi connectivity index (χ0) is 29.5. The second-order valence-corrected chi connectivity index (χ2v) is 9.96. The van der Waals surface area contributed by atoms with Gasteiger partial charge in [0.05, 0.1) is 41.5 Å². The number of ether oxygens (including phenoxy) is 1. The van der Waals surface area contributed by atoms with Gasteiger partial charge in [0.15, 0.2) is 5.78 Å². The molecule has 0 fully saturated rings. The summed E-state index contributed by atoms with van der Waals surface area (Å²) >= 11 is 0. The molecule has 0 bridgehead atoms. The van der Waals surface area contributed by atoms with Crippen molar-refractivity contribution in [3.63, 3.8) is 0 Å². The van der Waals surface area contributed by atoms with Crippen LogP contribution < -0.4 is 10.1 Å². The number of amides is 1. The van der Waals surface area contributed by atoms with Gasteiger partial charge in [0.25, 0.3) is 5.91 Å². The third-order valence-corrected chi connectivity index (χ3v) is 6.38. The Morgan fingerprint density at radius 3 is 2.20 bits per heavy atom. The van der Waals surface area contributed by atoms with E-state index in [4.69, 9.17) is 9.73 Å². The van der Waals surface area contributed by atoms with Crippen molar-refractivity contribution in [1.82, 2.24) is 0 Å². The number of nitrogens with one attached hydrogen (secondary N) is 1. The number of carbonyl (C=O) groups is 2. The van der Waals surface area contributed by atoms with E-state index in [-0.39, 0.29) is 41.7 Å². The van der Waals surface area contributed by atoms with Gasteiger partial charge in [-0.25, -0.2) is 0 Å². The van der Waals surface area contributed by atoms with Crippen LogP contribution in [-0.4, -0.2) is 30.1 Å². The topological polar surface area (TPSA) is 67.8 Å². The first-order valence-corrected chi connectivity index (χ1v) is 12.1. The van der Waals surface area contributed by atoms with Crippen molar-refractivity contribution in [2.24, 2.45) is 4.99 Å². The molecule has 0 saturated heterocycles. The highest BCUT2D eigenvalue weighted by atomic mass is 19.4. The Morgan fingerprint density at radius 1 is 0.925 bits per heavy atom. The number of rotatable bonds is 6. The third-order valence-electron chi connectivity index (χ3n) is 6.38. The van der Waals surface area contributed by atoms with Crippen LogP contribution in [0.1, 0.15) is 63.2 Å². The molecule has 1 heterocycles. The summed E-state index contributed by atoms with van der Waals surface area (Å²) in [4.78, 5) is 30.5. The van der Waals surface area contributed by atoms with Crippen LogP contribution in [0.15, 0.2) is 65.7 Å². The summed E-state index contributed by atoms with van der Waals surface area (Å²) in [6.45, 7) is 3.91. The minimum atomic E-state index is -5.05. The van der Waals surface area contributed by atoms with Gasteiger partial charge in [-0.15, -0.1) is 0 Å². The van der Waals surface area contributed by atoms with E-state index in [9.17, 15) is 35.9 Å². The fraction of sp³-hybridized carbons (Fsp3) is 0.276. The average molecular weight is 563 g/mol. The Hall–Kier alpha value is -4.15. The lowest BCUT2D eigenvalue weighted by Crippen LogP contribution is -2.30. The highest BCUT2D eigenvalue weighted by Crippen LogP contribution is 2.37. The van der Waals surface area contributed by atoms with Gasteiger partial charge in [0.2, 0.25) is 0 Å². The molecule has 0 unspecified atom stereocenters. The fourth-order valence-electron chi connectivity index (χ4n) is 4.52. The smallest absolute Gasteiger partial charge is 0.417 e. The lowest BCUT2D eigenvalue weighted by atomic mass is 9.85.